The fourth-order valence-corrected chi connectivity index (χ4v) is 2.28. The molecule has 1 aromatic rings. The lowest BCUT2D eigenvalue weighted by Crippen LogP contribution is -2.28. The second-order valence-electron chi connectivity index (χ2n) is 5.01. The van der Waals surface area contributed by atoms with Crippen molar-refractivity contribution in [3.8, 4) is 0 Å². The fraction of sp³-hybridized carbons (Fsp3) is 0.533. The summed E-state index contributed by atoms with van der Waals surface area (Å²) in [6.45, 7) is 5.85. The molecule has 0 aliphatic rings. The number of carboxylic acid groups (broad SMARTS) is 1. The molecule has 0 saturated heterocycles. The first-order valence-electron chi connectivity index (χ1n) is 6.63. The third kappa shape index (κ3) is 6.01. The van der Waals surface area contributed by atoms with Crippen molar-refractivity contribution >= 4 is 23.4 Å². The Bertz CT molecular complexity index is 407. The summed E-state index contributed by atoms with van der Waals surface area (Å²) in [7, 11) is 0. The molecule has 0 amide bonds. The zero-order chi connectivity index (χ0) is 14.3. The predicted molar refractivity (Wildman–Crippen MR) is 82.1 cm³/mol. The molecule has 0 spiro atoms. The quantitative estimate of drug-likeness (QED) is 0.737. The molecule has 106 valence electrons. The predicted octanol–water partition coefficient (Wildman–Crippen LogP) is 3.74. The topological polar surface area (TPSA) is 40.5 Å². The van der Waals surface area contributed by atoms with Crippen LogP contribution in [0.25, 0.3) is 0 Å². The van der Waals surface area contributed by atoms with Crippen LogP contribution in [-0.4, -0.2) is 30.4 Å². The lowest BCUT2D eigenvalue weighted by Gasteiger charge is -2.25. The maximum Gasteiger partial charge on any atom is 0.305 e. The molecule has 1 rings (SSSR count). The number of hydrogen-bond donors (Lipinski definition) is 1. The lowest BCUT2D eigenvalue weighted by molar-refractivity contribution is -0.136. The van der Waals surface area contributed by atoms with Gasteiger partial charge in [0.25, 0.3) is 0 Å². The highest BCUT2D eigenvalue weighted by atomic mass is 32.2. The van der Waals surface area contributed by atoms with E-state index < -0.39 is 5.97 Å². The standard InChI is InChI=1S/C15H23NO2S/c1-12(2)7-9-16(10-8-15(17)18)13-5-4-6-14(11-13)19-3/h4-6,11-12H,7-10H2,1-3H3,(H,17,18). The number of carboxylic acids is 1. The second kappa shape index (κ2) is 8.10. The molecule has 1 aromatic carbocycles. The van der Waals surface area contributed by atoms with E-state index in [1.807, 2.05) is 6.07 Å². The van der Waals surface area contributed by atoms with E-state index in [9.17, 15) is 4.79 Å². The minimum Gasteiger partial charge on any atom is -0.481 e. The second-order valence-corrected chi connectivity index (χ2v) is 5.89. The summed E-state index contributed by atoms with van der Waals surface area (Å²) in [4.78, 5) is 14.2. The summed E-state index contributed by atoms with van der Waals surface area (Å²) < 4.78 is 0. The number of carbonyl (C=O) groups is 1. The van der Waals surface area contributed by atoms with Crippen molar-refractivity contribution in [1.29, 1.82) is 0 Å². The average Bonchev–Trinajstić information content (AvgIpc) is 2.38. The van der Waals surface area contributed by atoms with Gasteiger partial charge < -0.3 is 10.0 Å². The zero-order valence-electron chi connectivity index (χ0n) is 11.9. The van der Waals surface area contributed by atoms with Crippen LogP contribution >= 0.6 is 11.8 Å². The molecular weight excluding hydrogens is 258 g/mol. The fourth-order valence-electron chi connectivity index (χ4n) is 1.82. The van der Waals surface area contributed by atoms with Crippen LogP contribution in [0.15, 0.2) is 29.2 Å². The van der Waals surface area contributed by atoms with Gasteiger partial charge >= 0.3 is 5.97 Å². The summed E-state index contributed by atoms with van der Waals surface area (Å²) >= 11 is 1.71. The number of benzene rings is 1. The molecule has 0 aliphatic carbocycles. The van der Waals surface area contributed by atoms with Gasteiger partial charge in [0.15, 0.2) is 0 Å². The maximum absolute atomic E-state index is 10.8. The molecule has 0 radical (unpaired) electrons. The number of thioether (sulfide) groups is 1. The monoisotopic (exact) mass is 281 g/mol. The van der Waals surface area contributed by atoms with Crippen molar-refractivity contribution in [2.45, 2.75) is 31.6 Å². The minimum absolute atomic E-state index is 0.182. The minimum atomic E-state index is -0.740. The van der Waals surface area contributed by atoms with Crippen molar-refractivity contribution < 1.29 is 9.90 Å². The van der Waals surface area contributed by atoms with Crippen LogP contribution in [0, 0.1) is 5.92 Å². The summed E-state index contributed by atoms with van der Waals surface area (Å²) in [5, 5.41) is 8.86. The molecule has 0 saturated carbocycles. The summed E-state index contributed by atoms with van der Waals surface area (Å²) in [6, 6.07) is 8.30. The van der Waals surface area contributed by atoms with E-state index in [0.717, 1.165) is 18.7 Å². The Morgan fingerprint density at radius 1 is 1.37 bits per heavy atom. The molecule has 0 aliphatic heterocycles. The Hall–Kier alpha value is -1.16. The number of rotatable bonds is 8. The van der Waals surface area contributed by atoms with E-state index in [-0.39, 0.29) is 6.42 Å². The number of hydrogen-bond acceptors (Lipinski definition) is 3. The van der Waals surface area contributed by atoms with E-state index in [2.05, 4.69) is 43.2 Å². The highest BCUT2D eigenvalue weighted by Gasteiger charge is 2.10. The van der Waals surface area contributed by atoms with E-state index in [1.165, 1.54) is 4.90 Å². The molecule has 0 atom stereocenters. The van der Waals surface area contributed by atoms with Gasteiger partial charge in [0.1, 0.15) is 0 Å². The first-order chi connectivity index (χ1) is 9.02. The van der Waals surface area contributed by atoms with E-state index in [4.69, 9.17) is 5.11 Å². The van der Waals surface area contributed by atoms with Crippen LogP contribution in [0.3, 0.4) is 0 Å². The van der Waals surface area contributed by atoms with Gasteiger partial charge in [0.05, 0.1) is 6.42 Å². The molecular formula is C15H23NO2S. The van der Waals surface area contributed by atoms with Crippen molar-refractivity contribution in [2.24, 2.45) is 5.92 Å². The van der Waals surface area contributed by atoms with Crippen LogP contribution in [-0.2, 0) is 4.79 Å². The van der Waals surface area contributed by atoms with Gasteiger partial charge in [-0.1, -0.05) is 19.9 Å². The van der Waals surface area contributed by atoms with Crippen LogP contribution in [0.2, 0.25) is 0 Å². The number of anilines is 1. The van der Waals surface area contributed by atoms with Gasteiger partial charge in [-0.25, -0.2) is 0 Å². The number of nitrogens with zero attached hydrogens (tertiary/aromatic N) is 1. The van der Waals surface area contributed by atoms with Crippen LogP contribution in [0.1, 0.15) is 26.7 Å². The van der Waals surface area contributed by atoms with E-state index in [1.54, 1.807) is 11.8 Å². The van der Waals surface area contributed by atoms with Crippen molar-refractivity contribution in [2.75, 3.05) is 24.2 Å². The summed E-state index contributed by atoms with van der Waals surface area (Å²) in [5.74, 6) is -0.119. The third-order valence-corrected chi connectivity index (χ3v) is 3.72. The van der Waals surface area contributed by atoms with E-state index >= 15 is 0 Å². The molecule has 0 fully saturated rings. The van der Waals surface area contributed by atoms with Gasteiger partial charge in [0, 0.05) is 23.7 Å². The van der Waals surface area contributed by atoms with Crippen LogP contribution in [0.5, 0.6) is 0 Å². The first kappa shape index (κ1) is 15.9. The molecule has 0 heterocycles. The highest BCUT2D eigenvalue weighted by Crippen LogP contribution is 2.23. The molecule has 1 N–H and O–H groups in total. The van der Waals surface area contributed by atoms with E-state index in [0.29, 0.717) is 12.5 Å². The molecule has 0 bridgehead atoms. The van der Waals surface area contributed by atoms with Crippen LogP contribution in [0.4, 0.5) is 5.69 Å². The smallest absolute Gasteiger partial charge is 0.305 e. The van der Waals surface area contributed by atoms with Gasteiger partial charge in [-0.2, -0.15) is 0 Å². The Labute approximate surface area is 120 Å². The first-order valence-corrected chi connectivity index (χ1v) is 7.86. The summed E-state index contributed by atoms with van der Waals surface area (Å²) in [6.07, 6.45) is 3.31. The Balaban J connectivity index is 2.77. The van der Waals surface area contributed by atoms with Crippen LogP contribution < -0.4 is 4.90 Å². The van der Waals surface area contributed by atoms with Gasteiger partial charge in [-0.3, -0.25) is 4.79 Å². The molecule has 3 nitrogen and oxygen atoms in total. The normalized spacial score (nSPS) is 10.7. The third-order valence-electron chi connectivity index (χ3n) is 2.99. The van der Waals surface area contributed by atoms with Crippen molar-refractivity contribution in [3.63, 3.8) is 0 Å². The van der Waals surface area contributed by atoms with Crippen molar-refractivity contribution in [3.05, 3.63) is 24.3 Å². The molecule has 4 heteroatoms. The van der Waals surface area contributed by atoms with Gasteiger partial charge in [-0.15, -0.1) is 11.8 Å². The molecule has 0 unspecified atom stereocenters. The summed E-state index contributed by atoms with van der Waals surface area (Å²) in [5.41, 5.74) is 1.12. The SMILES string of the molecule is CSc1cccc(N(CCC(=O)O)CCC(C)C)c1. The average molecular weight is 281 g/mol. The molecule has 0 aromatic heterocycles. The van der Waals surface area contributed by atoms with Crippen molar-refractivity contribution in [1.82, 2.24) is 0 Å². The van der Waals surface area contributed by atoms with Gasteiger partial charge in [-0.05, 0) is 36.8 Å². The number of aliphatic carboxylic acids is 1. The zero-order valence-corrected chi connectivity index (χ0v) is 12.7. The lowest BCUT2D eigenvalue weighted by atomic mass is 10.1. The Morgan fingerprint density at radius 2 is 2.11 bits per heavy atom. The Kier molecular flexibility index (Phi) is 6.78. The highest BCUT2D eigenvalue weighted by molar-refractivity contribution is 7.98. The van der Waals surface area contributed by atoms with Gasteiger partial charge in [0.2, 0.25) is 0 Å². The Morgan fingerprint density at radius 3 is 2.68 bits per heavy atom. The molecule has 19 heavy (non-hydrogen) atoms. The largest absolute Gasteiger partial charge is 0.481 e. The maximum atomic E-state index is 10.8.